The monoisotopic (exact) mass is 441 g/mol. The largest absolute Gasteiger partial charge is 0.369 e. The van der Waals surface area contributed by atoms with Gasteiger partial charge in [0.15, 0.2) is 9.50 Å². The Morgan fingerprint density at radius 2 is 1.90 bits per heavy atom. The highest BCUT2D eigenvalue weighted by molar-refractivity contribution is 8.00. The number of thiazole rings is 1. The topological polar surface area (TPSA) is 86.7 Å². The van der Waals surface area contributed by atoms with Crippen molar-refractivity contribution in [2.75, 3.05) is 0 Å². The number of hydrogen-bond donors (Lipinski definition) is 1. The summed E-state index contributed by atoms with van der Waals surface area (Å²) < 4.78 is 4.16. The third-order valence-electron chi connectivity index (χ3n) is 4.25. The van der Waals surface area contributed by atoms with Crippen LogP contribution in [0.1, 0.15) is 19.2 Å². The van der Waals surface area contributed by atoms with Gasteiger partial charge in [0, 0.05) is 5.69 Å². The summed E-state index contributed by atoms with van der Waals surface area (Å²) in [4.78, 5) is 16.4. The fourth-order valence-corrected chi connectivity index (χ4v) is 5.74. The van der Waals surface area contributed by atoms with Gasteiger partial charge in [0.05, 0.1) is 21.2 Å². The molecule has 1 amide bonds. The molecule has 0 saturated heterocycles. The first-order valence-corrected chi connectivity index (χ1v) is 11.8. The van der Waals surface area contributed by atoms with Gasteiger partial charge in [0.2, 0.25) is 5.91 Å². The van der Waals surface area contributed by atoms with Crippen LogP contribution in [-0.4, -0.2) is 30.9 Å². The second-order valence-corrected chi connectivity index (χ2v) is 9.65. The van der Waals surface area contributed by atoms with E-state index >= 15 is 0 Å². The summed E-state index contributed by atoms with van der Waals surface area (Å²) in [5.41, 5.74) is 7.50. The number of rotatable bonds is 8. The molecule has 0 aliphatic rings. The summed E-state index contributed by atoms with van der Waals surface area (Å²) in [6, 6.07) is 18.0. The standard InChI is InChI=1S/C20H19N5OS3/c1-2-15(18(21)26)28-19-24-23-17(25(19)13-8-4-3-5-9-13)12-27-20-22-14-10-6-7-11-16(14)29-20/h3-11,15H,2,12H2,1H3,(H2,21,26). The van der Waals surface area contributed by atoms with Gasteiger partial charge in [0.25, 0.3) is 0 Å². The minimum Gasteiger partial charge on any atom is -0.369 e. The summed E-state index contributed by atoms with van der Waals surface area (Å²) >= 11 is 4.66. The lowest BCUT2D eigenvalue weighted by atomic mass is 10.3. The molecule has 9 heteroatoms. The van der Waals surface area contributed by atoms with Gasteiger partial charge in [-0.25, -0.2) is 4.98 Å². The number of amides is 1. The van der Waals surface area contributed by atoms with E-state index in [4.69, 9.17) is 5.73 Å². The van der Waals surface area contributed by atoms with Gasteiger partial charge in [-0.05, 0) is 30.7 Å². The van der Waals surface area contributed by atoms with Crippen LogP contribution in [-0.2, 0) is 10.5 Å². The molecule has 0 aliphatic carbocycles. The third kappa shape index (κ3) is 4.47. The number of primary amides is 1. The molecule has 0 fully saturated rings. The van der Waals surface area contributed by atoms with Crippen molar-refractivity contribution in [1.29, 1.82) is 0 Å². The van der Waals surface area contributed by atoms with Gasteiger partial charge >= 0.3 is 0 Å². The summed E-state index contributed by atoms with van der Waals surface area (Å²) in [6.45, 7) is 1.94. The Kier molecular flexibility index (Phi) is 6.17. The summed E-state index contributed by atoms with van der Waals surface area (Å²) in [5, 5.41) is 9.09. The number of para-hydroxylation sites is 2. The molecular formula is C20H19N5OS3. The van der Waals surface area contributed by atoms with Gasteiger partial charge < -0.3 is 5.73 Å². The SMILES string of the molecule is CCC(Sc1nnc(CSc2nc3ccccc3s2)n1-c1ccccc1)C(N)=O. The molecular weight excluding hydrogens is 422 g/mol. The zero-order chi connectivity index (χ0) is 20.2. The molecule has 2 heterocycles. The Labute approximate surface area is 180 Å². The van der Waals surface area contributed by atoms with Crippen LogP contribution in [0.15, 0.2) is 64.1 Å². The van der Waals surface area contributed by atoms with Crippen LogP contribution in [0.25, 0.3) is 15.9 Å². The minimum atomic E-state index is -0.342. The van der Waals surface area contributed by atoms with Gasteiger partial charge in [0.1, 0.15) is 5.82 Å². The fourth-order valence-electron chi connectivity index (χ4n) is 2.82. The highest BCUT2D eigenvalue weighted by atomic mass is 32.2. The second kappa shape index (κ2) is 8.98. The summed E-state index contributed by atoms with van der Waals surface area (Å²) in [7, 11) is 0. The van der Waals surface area contributed by atoms with Crippen LogP contribution in [0.3, 0.4) is 0 Å². The van der Waals surface area contributed by atoms with Crippen LogP contribution < -0.4 is 5.73 Å². The molecule has 0 saturated carbocycles. The van der Waals surface area contributed by atoms with Crippen molar-refractivity contribution in [2.24, 2.45) is 5.73 Å². The first-order valence-electron chi connectivity index (χ1n) is 9.09. The first kappa shape index (κ1) is 19.9. The van der Waals surface area contributed by atoms with Crippen molar-refractivity contribution in [2.45, 2.75) is 33.8 Å². The Morgan fingerprint density at radius 3 is 2.62 bits per heavy atom. The molecule has 0 spiro atoms. The maximum atomic E-state index is 11.7. The highest BCUT2D eigenvalue weighted by Gasteiger charge is 2.21. The lowest BCUT2D eigenvalue weighted by molar-refractivity contribution is -0.117. The molecule has 2 N–H and O–H groups in total. The van der Waals surface area contributed by atoms with Gasteiger partial charge in [-0.2, -0.15) is 0 Å². The van der Waals surface area contributed by atoms with E-state index in [1.807, 2.05) is 60.0 Å². The number of thioether (sulfide) groups is 2. The van der Waals surface area contributed by atoms with Crippen molar-refractivity contribution < 1.29 is 4.79 Å². The number of hydrogen-bond acceptors (Lipinski definition) is 7. The minimum absolute atomic E-state index is 0.341. The van der Waals surface area contributed by atoms with Crippen LogP contribution in [0.2, 0.25) is 0 Å². The van der Waals surface area contributed by atoms with Crippen LogP contribution in [0.4, 0.5) is 0 Å². The van der Waals surface area contributed by atoms with E-state index in [2.05, 4.69) is 21.2 Å². The van der Waals surface area contributed by atoms with Crippen molar-refractivity contribution >= 4 is 51.0 Å². The molecule has 2 aromatic carbocycles. The lowest BCUT2D eigenvalue weighted by Crippen LogP contribution is -2.25. The lowest BCUT2D eigenvalue weighted by Gasteiger charge is -2.13. The van der Waals surface area contributed by atoms with Crippen molar-refractivity contribution in [3.05, 3.63) is 60.4 Å². The molecule has 148 valence electrons. The summed E-state index contributed by atoms with van der Waals surface area (Å²) in [6.07, 6.45) is 0.636. The first-order chi connectivity index (χ1) is 14.2. The molecule has 6 nitrogen and oxygen atoms in total. The normalized spacial score (nSPS) is 12.3. The molecule has 1 unspecified atom stereocenters. The van der Waals surface area contributed by atoms with Crippen LogP contribution >= 0.6 is 34.9 Å². The van der Waals surface area contributed by atoms with E-state index in [9.17, 15) is 4.79 Å². The summed E-state index contributed by atoms with van der Waals surface area (Å²) in [5.74, 6) is 1.09. The highest BCUT2D eigenvalue weighted by Crippen LogP contribution is 2.33. The number of benzene rings is 2. The predicted octanol–water partition coefficient (Wildman–Crippen LogP) is 4.53. The number of nitrogens with two attached hydrogens (primary N) is 1. The van der Waals surface area contributed by atoms with Crippen LogP contribution in [0.5, 0.6) is 0 Å². The van der Waals surface area contributed by atoms with E-state index in [-0.39, 0.29) is 11.2 Å². The quantitative estimate of drug-likeness (QED) is 0.404. The maximum Gasteiger partial charge on any atom is 0.231 e. The maximum absolute atomic E-state index is 11.7. The Bertz CT molecular complexity index is 1090. The third-order valence-corrected chi connectivity index (χ3v) is 7.75. The number of carbonyl (C=O) groups is 1. The Balaban J connectivity index is 1.62. The zero-order valence-electron chi connectivity index (χ0n) is 15.7. The van der Waals surface area contributed by atoms with Crippen LogP contribution in [0, 0.1) is 0 Å². The fraction of sp³-hybridized carbons (Fsp3) is 0.200. The molecule has 0 bridgehead atoms. The smallest absolute Gasteiger partial charge is 0.231 e. The van der Waals surface area contributed by atoms with E-state index < -0.39 is 0 Å². The molecule has 2 aromatic heterocycles. The van der Waals surface area contributed by atoms with Gasteiger partial charge in [-0.1, -0.05) is 60.8 Å². The average molecular weight is 442 g/mol. The number of fused-ring (bicyclic) bond motifs is 1. The number of carbonyl (C=O) groups excluding carboxylic acids is 1. The molecule has 0 aliphatic heterocycles. The van der Waals surface area contributed by atoms with Gasteiger partial charge in [-0.15, -0.1) is 21.5 Å². The van der Waals surface area contributed by atoms with Crippen molar-refractivity contribution in [3.8, 4) is 5.69 Å². The molecule has 1 atom stereocenters. The molecule has 29 heavy (non-hydrogen) atoms. The second-order valence-electron chi connectivity index (χ2n) is 6.22. The Hall–Kier alpha value is -2.36. The number of aromatic nitrogens is 4. The predicted molar refractivity (Wildman–Crippen MR) is 120 cm³/mol. The van der Waals surface area contributed by atoms with E-state index in [1.54, 1.807) is 23.1 Å². The van der Waals surface area contributed by atoms with E-state index in [1.165, 1.54) is 16.5 Å². The zero-order valence-corrected chi connectivity index (χ0v) is 18.1. The van der Waals surface area contributed by atoms with E-state index in [0.717, 1.165) is 21.4 Å². The van der Waals surface area contributed by atoms with Crippen molar-refractivity contribution in [1.82, 2.24) is 19.7 Å². The molecule has 4 aromatic rings. The number of nitrogens with zero attached hydrogens (tertiary/aromatic N) is 4. The molecule has 4 rings (SSSR count). The molecule has 0 radical (unpaired) electrons. The van der Waals surface area contributed by atoms with Gasteiger partial charge in [-0.3, -0.25) is 9.36 Å². The average Bonchev–Trinajstić information content (AvgIpc) is 3.34. The Morgan fingerprint density at radius 1 is 1.14 bits per heavy atom. The van der Waals surface area contributed by atoms with Crippen molar-refractivity contribution in [3.63, 3.8) is 0 Å². The van der Waals surface area contributed by atoms with E-state index in [0.29, 0.717) is 17.3 Å².